The second-order valence-electron chi connectivity index (χ2n) is 7.33. The number of para-hydroxylation sites is 2. The Labute approximate surface area is 213 Å². The van der Waals surface area contributed by atoms with Crippen LogP contribution in [0.4, 0.5) is 11.4 Å². The molecule has 0 aliphatic carbocycles. The zero-order valence-corrected chi connectivity index (χ0v) is 21.1. The number of amides is 1. The molecule has 9 heteroatoms. The molecule has 1 spiro atoms. The number of nitrogens with zero attached hydrogens (tertiary/aromatic N) is 3. The highest BCUT2D eigenvalue weighted by Gasteiger charge is 2.60. The summed E-state index contributed by atoms with van der Waals surface area (Å²) in [6.07, 6.45) is 1.87. The number of benzene rings is 3. The van der Waals surface area contributed by atoms with Crippen LogP contribution in [-0.2, 0) is 14.3 Å². The van der Waals surface area contributed by atoms with Gasteiger partial charge in [0.05, 0.1) is 17.7 Å². The lowest BCUT2D eigenvalue weighted by Gasteiger charge is -2.38. The fraction of sp³-hybridized carbons (Fsp3) is 0.0800. The van der Waals surface area contributed by atoms with E-state index < -0.39 is 10.3 Å². The number of carbonyl (C=O) groups excluding carboxylic acids is 2. The van der Waals surface area contributed by atoms with Crippen molar-refractivity contribution in [3.05, 3.63) is 99.9 Å². The van der Waals surface area contributed by atoms with Crippen molar-refractivity contribution in [2.24, 2.45) is 5.10 Å². The van der Waals surface area contributed by atoms with E-state index in [1.165, 1.54) is 30.6 Å². The molecule has 3 aromatic rings. The summed E-state index contributed by atoms with van der Waals surface area (Å²) in [5.41, 5.74) is 2.35. The third-order valence-corrected chi connectivity index (χ3v) is 8.40. The molecule has 1 saturated heterocycles. The van der Waals surface area contributed by atoms with Crippen LogP contribution in [-0.4, -0.2) is 28.4 Å². The van der Waals surface area contributed by atoms with Gasteiger partial charge in [0.2, 0.25) is 9.37 Å². The van der Waals surface area contributed by atoms with E-state index in [0.29, 0.717) is 10.6 Å². The van der Waals surface area contributed by atoms with Gasteiger partial charge in [0, 0.05) is 10.2 Å². The first-order valence-electron chi connectivity index (χ1n) is 10.3. The van der Waals surface area contributed by atoms with Crippen molar-refractivity contribution in [2.45, 2.75) is 4.33 Å². The van der Waals surface area contributed by atoms with Crippen molar-refractivity contribution < 1.29 is 14.3 Å². The van der Waals surface area contributed by atoms with Gasteiger partial charge in [-0.15, -0.1) is 0 Å². The molecule has 3 aromatic carbocycles. The normalized spacial score (nSPS) is 20.8. The van der Waals surface area contributed by atoms with E-state index in [0.717, 1.165) is 15.7 Å². The van der Waals surface area contributed by atoms with E-state index in [2.05, 4.69) is 21.0 Å². The Morgan fingerprint density at radius 1 is 0.941 bits per heavy atom. The Kier molecular flexibility index (Phi) is 6.24. The van der Waals surface area contributed by atoms with E-state index in [-0.39, 0.29) is 11.0 Å². The molecular formula is C25H18BrN3O3S2. The van der Waals surface area contributed by atoms with Gasteiger partial charge in [-0.2, -0.15) is 5.10 Å². The van der Waals surface area contributed by atoms with E-state index in [9.17, 15) is 9.59 Å². The molecule has 0 radical (unpaired) electrons. The van der Waals surface area contributed by atoms with Crippen molar-refractivity contribution in [1.29, 1.82) is 0 Å². The molecule has 1 amide bonds. The Morgan fingerprint density at radius 3 is 2.18 bits per heavy atom. The van der Waals surface area contributed by atoms with Gasteiger partial charge in [-0.05, 0) is 59.8 Å². The van der Waals surface area contributed by atoms with Crippen molar-refractivity contribution >= 4 is 73.8 Å². The summed E-state index contributed by atoms with van der Waals surface area (Å²) in [6.45, 7) is 0. The number of hydrazone groups is 1. The third kappa shape index (κ3) is 4.04. The maximum absolute atomic E-state index is 13.9. The number of methoxy groups -OCH3 is 1. The molecule has 2 aliphatic rings. The maximum atomic E-state index is 13.9. The average Bonchev–Trinajstić information content (AvgIpc) is 3.38. The van der Waals surface area contributed by atoms with Crippen LogP contribution in [0.2, 0.25) is 0 Å². The van der Waals surface area contributed by atoms with Gasteiger partial charge in [-0.3, -0.25) is 9.69 Å². The van der Waals surface area contributed by atoms with Gasteiger partial charge in [0.15, 0.2) is 0 Å². The molecule has 6 nitrogen and oxygen atoms in total. The molecule has 2 aliphatic heterocycles. The topological polar surface area (TPSA) is 62.2 Å². The lowest BCUT2D eigenvalue weighted by atomic mass is 10.2. The van der Waals surface area contributed by atoms with Crippen LogP contribution in [0.1, 0.15) is 5.56 Å². The zero-order chi connectivity index (χ0) is 23.7. The molecule has 0 unspecified atom stereocenters. The predicted molar refractivity (Wildman–Crippen MR) is 142 cm³/mol. The lowest BCUT2D eigenvalue weighted by Crippen LogP contribution is -2.51. The summed E-state index contributed by atoms with van der Waals surface area (Å²) < 4.78 is 4.85. The maximum Gasteiger partial charge on any atom is 0.365 e. The molecule has 0 aromatic heterocycles. The van der Waals surface area contributed by atoms with Crippen LogP contribution in [0.5, 0.6) is 0 Å². The highest BCUT2D eigenvalue weighted by atomic mass is 79.9. The van der Waals surface area contributed by atoms with E-state index in [1.54, 1.807) is 9.91 Å². The number of halogens is 1. The minimum absolute atomic E-state index is 0.172. The van der Waals surface area contributed by atoms with Crippen LogP contribution >= 0.6 is 39.5 Å². The van der Waals surface area contributed by atoms with Crippen molar-refractivity contribution in [1.82, 2.24) is 0 Å². The smallest absolute Gasteiger partial charge is 0.365 e. The molecule has 0 saturated carbocycles. The molecular weight excluding hydrogens is 534 g/mol. The fourth-order valence-corrected chi connectivity index (χ4v) is 6.80. The zero-order valence-electron chi connectivity index (χ0n) is 17.9. The van der Waals surface area contributed by atoms with Gasteiger partial charge in [0.25, 0.3) is 5.91 Å². The monoisotopic (exact) mass is 551 g/mol. The molecule has 2 heterocycles. The quantitative estimate of drug-likeness (QED) is 0.296. The Morgan fingerprint density at radius 2 is 1.56 bits per heavy atom. The van der Waals surface area contributed by atoms with E-state index in [1.807, 2.05) is 91.0 Å². The summed E-state index contributed by atoms with van der Waals surface area (Å²) in [6, 6.07) is 26.7. The molecule has 0 bridgehead atoms. The second-order valence-corrected chi connectivity index (χ2v) is 10.9. The van der Waals surface area contributed by atoms with Gasteiger partial charge >= 0.3 is 5.97 Å². The second kappa shape index (κ2) is 9.32. The fourth-order valence-electron chi connectivity index (χ4n) is 3.64. The number of hydrogen-bond acceptors (Lipinski definition) is 7. The first-order valence-corrected chi connectivity index (χ1v) is 12.7. The van der Waals surface area contributed by atoms with Crippen LogP contribution in [0.25, 0.3) is 6.08 Å². The van der Waals surface area contributed by atoms with Gasteiger partial charge < -0.3 is 4.74 Å². The van der Waals surface area contributed by atoms with Crippen molar-refractivity contribution in [3.63, 3.8) is 0 Å². The molecule has 5 rings (SSSR count). The lowest BCUT2D eigenvalue weighted by molar-refractivity contribution is -0.132. The molecule has 1 atom stereocenters. The van der Waals surface area contributed by atoms with Gasteiger partial charge in [-0.1, -0.05) is 76.2 Å². The molecule has 170 valence electrons. The molecule has 34 heavy (non-hydrogen) atoms. The number of hydrogen-bond donors (Lipinski definition) is 0. The molecule has 1 fully saturated rings. The number of ether oxygens (including phenoxy) is 1. The van der Waals surface area contributed by atoms with Crippen molar-refractivity contribution in [2.75, 3.05) is 17.0 Å². The Bertz CT molecular complexity index is 1300. The first kappa shape index (κ1) is 22.8. The van der Waals surface area contributed by atoms with Crippen LogP contribution in [0.15, 0.2) is 99.4 Å². The number of thioether (sulfide) groups is 2. The highest BCUT2D eigenvalue weighted by molar-refractivity contribution is 9.10. The minimum Gasteiger partial charge on any atom is -0.464 e. The summed E-state index contributed by atoms with van der Waals surface area (Å²) in [7, 11) is 1.32. The summed E-state index contributed by atoms with van der Waals surface area (Å²) in [5.74, 6) is -0.719. The summed E-state index contributed by atoms with van der Waals surface area (Å²) in [4.78, 5) is 28.6. The number of rotatable bonds is 4. The third-order valence-electron chi connectivity index (χ3n) is 5.17. The average molecular weight is 552 g/mol. The summed E-state index contributed by atoms with van der Waals surface area (Å²) >= 11 is 6.01. The van der Waals surface area contributed by atoms with E-state index >= 15 is 0 Å². The number of carbonyl (C=O) groups is 2. The van der Waals surface area contributed by atoms with Crippen LogP contribution in [0.3, 0.4) is 0 Å². The number of anilines is 2. The Balaban J connectivity index is 1.67. The van der Waals surface area contributed by atoms with Crippen LogP contribution in [0, 0.1) is 0 Å². The largest absolute Gasteiger partial charge is 0.464 e. The van der Waals surface area contributed by atoms with Gasteiger partial charge in [-0.25, -0.2) is 9.80 Å². The van der Waals surface area contributed by atoms with E-state index in [4.69, 9.17) is 4.74 Å². The van der Waals surface area contributed by atoms with Crippen molar-refractivity contribution in [3.8, 4) is 0 Å². The van der Waals surface area contributed by atoms with Crippen LogP contribution < -0.4 is 9.91 Å². The molecule has 0 N–H and O–H groups in total. The Hall–Kier alpha value is -3.01. The van der Waals surface area contributed by atoms with Gasteiger partial charge in [0.1, 0.15) is 0 Å². The highest BCUT2D eigenvalue weighted by Crippen LogP contribution is 2.59. The number of esters is 1. The standard InChI is InChI=1S/C25H18BrN3O3S2/c1-32-24(31)22-27-29(20-10-6-3-7-11-20)25(34-22)28(19-8-4-2-5-9-19)23(30)21(33-25)16-17-12-14-18(26)15-13-17/h2-16H,1H3/b21-16-/t25-/m1/s1. The predicted octanol–water partition coefficient (Wildman–Crippen LogP) is 5.92. The minimum atomic E-state index is -1.08. The summed E-state index contributed by atoms with van der Waals surface area (Å²) in [5, 5.41) is 6.52. The first-order chi connectivity index (χ1) is 16.5. The SMILES string of the molecule is COC(=O)C1=NN(c2ccccc2)[C@@]2(S1)S/C(=C\c1ccc(Br)cc1)C(=O)N2c1ccccc1.